The largest absolute Gasteiger partial charge is 0.362 e. The van der Waals surface area contributed by atoms with Crippen LogP contribution in [0.5, 0.6) is 0 Å². The highest BCUT2D eigenvalue weighted by Gasteiger charge is 2.42. The monoisotopic (exact) mass is 253 g/mol. The minimum absolute atomic E-state index is 0.574. The van der Waals surface area contributed by atoms with Crippen molar-refractivity contribution in [1.29, 1.82) is 0 Å². The van der Waals surface area contributed by atoms with Gasteiger partial charge in [0.2, 0.25) is 5.72 Å². The predicted molar refractivity (Wildman–Crippen MR) is 74.7 cm³/mol. The van der Waals surface area contributed by atoms with E-state index in [9.17, 15) is 5.11 Å². The van der Waals surface area contributed by atoms with E-state index < -0.39 is 5.72 Å². The van der Waals surface area contributed by atoms with Crippen molar-refractivity contribution in [3.8, 4) is 0 Å². The quantitative estimate of drug-likeness (QED) is 0.765. The zero-order valence-corrected chi connectivity index (χ0v) is 10.6. The summed E-state index contributed by atoms with van der Waals surface area (Å²) in [6.45, 7) is 1.78. The van der Waals surface area contributed by atoms with Gasteiger partial charge in [-0.1, -0.05) is 48.5 Å². The average Bonchev–Trinajstić information content (AvgIpc) is 2.46. The van der Waals surface area contributed by atoms with Gasteiger partial charge in [-0.2, -0.15) is 0 Å². The van der Waals surface area contributed by atoms with Gasteiger partial charge in [-0.25, -0.2) is 10.8 Å². The minimum atomic E-state index is -1.39. The van der Waals surface area contributed by atoms with Gasteiger partial charge in [-0.15, -0.1) is 0 Å². The number of hydrazine groups is 1. The van der Waals surface area contributed by atoms with Gasteiger partial charge in [0, 0.05) is 11.1 Å². The number of aliphatic hydroxyl groups is 1. The molecule has 4 nitrogen and oxygen atoms in total. The Hall–Kier alpha value is -2.17. The molecule has 3 N–H and O–H groups in total. The summed E-state index contributed by atoms with van der Waals surface area (Å²) in [5.41, 5.74) is 0.769. The lowest BCUT2D eigenvalue weighted by Crippen LogP contribution is -2.55. The second-order valence-electron chi connectivity index (χ2n) is 4.58. The number of nitrogens with two attached hydrogens (primary N) is 1. The molecular formula is C15H15N3O. The van der Waals surface area contributed by atoms with Crippen molar-refractivity contribution in [3.05, 3.63) is 65.7 Å². The van der Waals surface area contributed by atoms with Crippen LogP contribution in [-0.4, -0.2) is 16.0 Å². The maximum atomic E-state index is 11.2. The van der Waals surface area contributed by atoms with E-state index in [0.29, 0.717) is 11.4 Å². The Morgan fingerprint density at radius 1 is 1.05 bits per heavy atom. The fourth-order valence-corrected chi connectivity index (χ4v) is 2.42. The summed E-state index contributed by atoms with van der Waals surface area (Å²) in [7, 11) is 0. The number of hydrogen-bond donors (Lipinski definition) is 2. The smallest absolute Gasteiger partial charge is 0.207 e. The van der Waals surface area contributed by atoms with Crippen LogP contribution in [0.15, 0.2) is 59.6 Å². The van der Waals surface area contributed by atoms with Crippen LogP contribution >= 0.6 is 0 Å². The first kappa shape index (κ1) is 11.9. The van der Waals surface area contributed by atoms with E-state index in [1.807, 2.05) is 54.6 Å². The molecule has 0 aromatic heterocycles. The van der Waals surface area contributed by atoms with Crippen LogP contribution in [0.3, 0.4) is 0 Å². The maximum absolute atomic E-state index is 11.2. The molecule has 0 amide bonds. The maximum Gasteiger partial charge on any atom is 0.207 e. The van der Waals surface area contributed by atoms with E-state index in [2.05, 4.69) is 4.99 Å². The number of aliphatic imine (C=N–C) groups is 1. The van der Waals surface area contributed by atoms with Crippen molar-refractivity contribution < 1.29 is 5.11 Å². The lowest BCUT2D eigenvalue weighted by atomic mass is 9.91. The molecule has 0 saturated carbocycles. The first-order chi connectivity index (χ1) is 9.14. The molecule has 0 spiro atoms. The second-order valence-corrected chi connectivity index (χ2v) is 4.58. The van der Waals surface area contributed by atoms with Crippen molar-refractivity contribution in [2.75, 3.05) is 0 Å². The van der Waals surface area contributed by atoms with E-state index in [-0.39, 0.29) is 0 Å². The van der Waals surface area contributed by atoms with Gasteiger partial charge < -0.3 is 5.11 Å². The standard InChI is InChI=1S/C15H15N3O/c1-11-17-14-10-6-5-9-13(14)15(19,18(11)16)12-7-3-2-4-8-12/h2-10,19H,16H2,1H3. The molecule has 0 fully saturated rings. The summed E-state index contributed by atoms with van der Waals surface area (Å²) in [6, 6.07) is 16.9. The Kier molecular flexibility index (Phi) is 2.62. The summed E-state index contributed by atoms with van der Waals surface area (Å²) in [4.78, 5) is 4.41. The number of rotatable bonds is 1. The van der Waals surface area contributed by atoms with Crippen molar-refractivity contribution in [2.45, 2.75) is 12.6 Å². The van der Waals surface area contributed by atoms with Crippen LogP contribution < -0.4 is 5.84 Å². The second kappa shape index (κ2) is 4.19. The van der Waals surface area contributed by atoms with Crippen LogP contribution in [0, 0.1) is 0 Å². The van der Waals surface area contributed by atoms with Gasteiger partial charge in [0.05, 0.1) is 5.69 Å². The van der Waals surface area contributed by atoms with E-state index in [0.717, 1.165) is 11.3 Å². The molecular weight excluding hydrogens is 238 g/mol. The number of fused-ring (bicyclic) bond motifs is 1. The lowest BCUT2D eigenvalue weighted by molar-refractivity contribution is -0.0411. The third-order valence-electron chi connectivity index (χ3n) is 3.44. The van der Waals surface area contributed by atoms with Gasteiger partial charge in [0.25, 0.3) is 0 Å². The van der Waals surface area contributed by atoms with E-state index >= 15 is 0 Å². The van der Waals surface area contributed by atoms with Crippen molar-refractivity contribution in [1.82, 2.24) is 5.01 Å². The lowest BCUT2D eigenvalue weighted by Gasteiger charge is -2.41. The Morgan fingerprint density at radius 3 is 2.42 bits per heavy atom. The summed E-state index contributed by atoms with van der Waals surface area (Å²) >= 11 is 0. The molecule has 1 unspecified atom stereocenters. The Morgan fingerprint density at radius 2 is 1.68 bits per heavy atom. The average molecular weight is 253 g/mol. The molecule has 2 aromatic rings. The molecule has 1 aliphatic heterocycles. The third-order valence-corrected chi connectivity index (χ3v) is 3.44. The molecule has 0 radical (unpaired) electrons. The Balaban J connectivity index is 2.28. The summed E-state index contributed by atoms with van der Waals surface area (Å²) in [5.74, 6) is 6.63. The molecule has 1 aliphatic rings. The first-order valence-corrected chi connectivity index (χ1v) is 6.11. The summed E-state index contributed by atoms with van der Waals surface area (Å²) in [6.07, 6.45) is 0. The highest BCUT2D eigenvalue weighted by atomic mass is 16.3. The van der Waals surface area contributed by atoms with Gasteiger partial charge >= 0.3 is 0 Å². The molecule has 2 aromatic carbocycles. The van der Waals surface area contributed by atoms with Crippen LogP contribution in [0.25, 0.3) is 0 Å². The van der Waals surface area contributed by atoms with Crippen molar-refractivity contribution in [3.63, 3.8) is 0 Å². The number of amidine groups is 1. The van der Waals surface area contributed by atoms with Crippen LogP contribution in [0.4, 0.5) is 5.69 Å². The zero-order valence-electron chi connectivity index (χ0n) is 10.6. The molecule has 0 saturated heterocycles. The van der Waals surface area contributed by atoms with Crippen LogP contribution in [0.1, 0.15) is 18.1 Å². The van der Waals surface area contributed by atoms with Crippen LogP contribution in [-0.2, 0) is 5.72 Å². The van der Waals surface area contributed by atoms with Gasteiger partial charge in [0.1, 0.15) is 5.84 Å². The summed E-state index contributed by atoms with van der Waals surface area (Å²) < 4.78 is 0. The highest BCUT2D eigenvalue weighted by Crippen LogP contribution is 2.40. The Labute approximate surface area is 111 Å². The first-order valence-electron chi connectivity index (χ1n) is 6.11. The molecule has 19 heavy (non-hydrogen) atoms. The molecule has 1 atom stereocenters. The van der Waals surface area contributed by atoms with Crippen molar-refractivity contribution in [2.24, 2.45) is 10.8 Å². The highest BCUT2D eigenvalue weighted by molar-refractivity contribution is 5.86. The van der Waals surface area contributed by atoms with Gasteiger partial charge in [0.15, 0.2) is 0 Å². The van der Waals surface area contributed by atoms with E-state index in [4.69, 9.17) is 5.84 Å². The fraction of sp³-hybridized carbons (Fsp3) is 0.133. The SMILES string of the molecule is CC1=Nc2ccccc2C(O)(c2ccccc2)N1N. The van der Waals surface area contributed by atoms with Crippen molar-refractivity contribution >= 4 is 11.5 Å². The topological polar surface area (TPSA) is 61.9 Å². The van der Waals surface area contributed by atoms with Crippen LogP contribution in [0.2, 0.25) is 0 Å². The van der Waals surface area contributed by atoms with E-state index in [1.54, 1.807) is 6.92 Å². The molecule has 4 heteroatoms. The van der Waals surface area contributed by atoms with E-state index in [1.165, 1.54) is 5.01 Å². The van der Waals surface area contributed by atoms with Gasteiger partial charge in [-0.05, 0) is 13.0 Å². The molecule has 3 rings (SSSR count). The van der Waals surface area contributed by atoms with Gasteiger partial charge in [-0.3, -0.25) is 5.01 Å². The summed E-state index contributed by atoms with van der Waals surface area (Å²) in [5, 5.41) is 12.5. The Bertz CT molecular complexity index is 639. The predicted octanol–water partition coefficient (Wildman–Crippen LogP) is 2.12. The molecule has 96 valence electrons. The number of hydrogen-bond acceptors (Lipinski definition) is 4. The normalized spacial score (nSPS) is 21.8. The zero-order chi connectivity index (χ0) is 13.5. The third kappa shape index (κ3) is 1.65. The molecule has 0 bridgehead atoms. The number of nitrogens with zero attached hydrogens (tertiary/aromatic N) is 2. The number of benzene rings is 2. The fourth-order valence-electron chi connectivity index (χ4n) is 2.42. The number of para-hydroxylation sites is 1. The molecule has 1 heterocycles. The minimum Gasteiger partial charge on any atom is -0.362 e. The molecule has 0 aliphatic carbocycles.